The van der Waals surface area contributed by atoms with Crippen LogP contribution in [0.3, 0.4) is 0 Å². The van der Waals surface area contributed by atoms with E-state index >= 15 is 0 Å². The van der Waals surface area contributed by atoms with Gasteiger partial charge < -0.3 is 5.11 Å². The number of carboxylic acid groups (broad SMARTS) is 1. The van der Waals surface area contributed by atoms with Crippen LogP contribution in [0.5, 0.6) is 0 Å². The summed E-state index contributed by atoms with van der Waals surface area (Å²) in [5.41, 5.74) is 0. The van der Waals surface area contributed by atoms with Crippen LogP contribution in [-0.2, 0) is 21.2 Å². The largest absolute Gasteiger partial charge is 0.464 e. The molecule has 0 aromatic rings. The number of amides is 1. The van der Waals surface area contributed by atoms with Gasteiger partial charge in [0, 0.05) is 13.6 Å². The molecule has 0 heterocycles. The Kier molecular flexibility index (Phi) is 4.49. The molecular formula is C5H12N2O5S2. The average Bonchev–Trinajstić information content (AvgIpc) is 2.01. The van der Waals surface area contributed by atoms with Crippen LogP contribution in [0.4, 0.5) is 4.79 Å². The second kappa shape index (κ2) is 4.71. The topological polar surface area (TPSA) is 95.0 Å². The van der Waals surface area contributed by atoms with Gasteiger partial charge in [0.25, 0.3) is 0 Å². The maximum atomic E-state index is 11.4. The van der Waals surface area contributed by atoms with Crippen LogP contribution in [0.25, 0.3) is 0 Å². The SMILES string of the molecule is CCN(S(=O)N(C)C(=O)O)S(C)(=O)=O. The van der Waals surface area contributed by atoms with E-state index in [0.717, 1.165) is 13.3 Å². The van der Waals surface area contributed by atoms with E-state index in [1.807, 2.05) is 0 Å². The van der Waals surface area contributed by atoms with E-state index in [9.17, 15) is 17.4 Å². The van der Waals surface area contributed by atoms with Gasteiger partial charge in [0.15, 0.2) is 0 Å². The maximum Gasteiger partial charge on any atom is 0.420 e. The van der Waals surface area contributed by atoms with Gasteiger partial charge in [-0.15, -0.1) is 3.71 Å². The van der Waals surface area contributed by atoms with Crippen molar-refractivity contribution in [2.45, 2.75) is 6.92 Å². The molecule has 0 bridgehead atoms. The fraction of sp³-hybridized carbons (Fsp3) is 0.800. The predicted molar refractivity (Wildman–Crippen MR) is 51.2 cm³/mol. The molecule has 7 nitrogen and oxygen atoms in total. The quantitative estimate of drug-likeness (QED) is 0.716. The summed E-state index contributed by atoms with van der Waals surface area (Å²) < 4.78 is 34.5. The third kappa shape index (κ3) is 3.24. The van der Waals surface area contributed by atoms with Crippen molar-refractivity contribution in [3.63, 3.8) is 0 Å². The highest BCUT2D eigenvalue weighted by Crippen LogP contribution is 2.05. The van der Waals surface area contributed by atoms with Gasteiger partial charge in [0.1, 0.15) is 0 Å². The minimum absolute atomic E-state index is 0.0525. The van der Waals surface area contributed by atoms with Crippen LogP contribution in [0.2, 0.25) is 0 Å². The van der Waals surface area contributed by atoms with E-state index in [1.54, 1.807) is 0 Å². The highest BCUT2D eigenvalue weighted by atomic mass is 32.3. The Morgan fingerprint density at radius 2 is 1.93 bits per heavy atom. The Balaban J connectivity index is 4.91. The summed E-state index contributed by atoms with van der Waals surface area (Å²) in [6.07, 6.45) is -0.588. The van der Waals surface area contributed by atoms with Crippen molar-refractivity contribution >= 4 is 27.3 Å². The molecular weight excluding hydrogens is 232 g/mol. The number of carbonyl (C=O) groups is 1. The Morgan fingerprint density at radius 3 is 2.14 bits per heavy atom. The second-order valence-electron chi connectivity index (χ2n) is 2.39. The molecule has 0 aromatic carbocycles. The third-order valence-corrected chi connectivity index (χ3v) is 4.73. The third-order valence-electron chi connectivity index (χ3n) is 1.31. The van der Waals surface area contributed by atoms with Crippen molar-refractivity contribution < 1.29 is 22.5 Å². The lowest BCUT2D eigenvalue weighted by Crippen LogP contribution is -2.41. The highest BCUT2D eigenvalue weighted by molar-refractivity contribution is 8.00. The zero-order valence-electron chi connectivity index (χ0n) is 8.00. The van der Waals surface area contributed by atoms with Gasteiger partial charge >= 0.3 is 6.09 Å². The Hall–Kier alpha value is -0.670. The first-order valence-electron chi connectivity index (χ1n) is 3.58. The van der Waals surface area contributed by atoms with Gasteiger partial charge in [-0.05, 0) is 0 Å². The van der Waals surface area contributed by atoms with Crippen LogP contribution in [0, 0.1) is 0 Å². The Morgan fingerprint density at radius 1 is 1.50 bits per heavy atom. The number of rotatable bonds is 4. The number of sulfonamides is 1. The molecule has 0 aromatic heterocycles. The van der Waals surface area contributed by atoms with E-state index in [2.05, 4.69) is 0 Å². The van der Waals surface area contributed by atoms with Gasteiger partial charge in [0.2, 0.25) is 21.2 Å². The monoisotopic (exact) mass is 244 g/mol. The first-order chi connectivity index (χ1) is 6.21. The van der Waals surface area contributed by atoms with Gasteiger partial charge in [-0.3, -0.25) is 0 Å². The molecule has 0 spiro atoms. The maximum absolute atomic E-state index is 11.4. The molecule has 84 valence electrons. The molecule has 0 saturated carbocycles. The van der Waals surface area contributed by atoms with Gasteiger partial charge in [-0.2, -0.15) is 0 Å². The Bertz CT molecular complexity index is 338. The van der Waals surface area contributed by atoms with Crippen molar-refractivity contribution in [2.24, 2.45) is 0 Å². The van der Waals surface area contributed by atoms with E-state index in [4.69, 9.17) is 5.11 Å². The van der Waals surface area contributed by atoms with E-state index in [-0.39, 0.29) is 6.54 Å². The molecule has 0 rings (SSSR count). The van der Waals surface area contributed by atoms with Crippen molar-refractivity contribution in [2.75, 3.05) is 19.8 Å². The molecule has 0 saturated heterocycles. The van der Waals surface area contributed by atoms with Crippen LogP contribution in [-0.4, -0.2) is 51.7 Å². The van der Waals surface area contributed by atoms with Crippen molar-refractivity contribution in [3.05, 3.63) is 0 Å². The van der Waals surface area contributed by atoms with E-state index in [1.165, 1.54) is 6.92 Å². The Labute approximate surface area is 85.1 Å². The number of hydrogen-bond donors (Lipinski definition) is 1. The van der Waals surface area contributed by atoms with Crippen molar-refractivity contribution in [1.82, 2.24) is 8.02 Å². The first-order valence-corrected chi connectivity index (χ1v) is 6.49. The summed E-state index contributed by atoms with van der Waals surface area (Å²) in [6.45, 7) is 1.41. The fourth-order valence-corrected chi connectivity index (χ4v) is 2.99. The van der Waals surface area contributed by atoms with Crippen molar-refractivity contribution in [3.8, 4) is 0 Å². The van der Waals surface area contributed by atoms with Crippen LogP contribution < -0.4 is 0 Å². The summed E-state index contributed by atoms with van der Waals surface area (Å²) in [6, 6.07) is 0. The smallest absolute Gasteiger partial charge is 0.420 e. The van der Waals surface area contributed by atoms with Crippen LogP contribution in [0.1, 0.15) is 6.92 Å². The molecule has 0 aliphatic carbocycles. The van der Waals surface area contributed by atoms with Gasteiger partial charge in [-0.1, -0.05) is 6.92 Å². The van der Waals surface area contributed by atoms with E-state index in [0.29, 0.717) is 8.02 Å². The van der Waals surface area contributed by atoms with E-state index < -0.39 is 27.3 Å². The normalized spacial score (nSPS) is 14.0. The lowest BCUT2D eigenvalue weighted by atomic mass is 10.8. The van der Waals surface area contributed by atoms with Crippen LogP contribution in [0.15, 0.2) is 0 Å². The summed E-state index contributed by atoms with van der Waals surface area (Å²) in [5, 5.41) is 8.47. The minimum atomic E-state index is -3.66. The van der Waals surface area contributed by atoms with Gasteiger partial charge in [-0.25, -0.2) is 21.7 Å². The number of hydrogen-bond acceptors (Lipinski definition) is 4. The zero-order chi connectivity index (χ0) is 11.5. The zero-order valence-corrected chi connectivity index (χ0v) is 9.63. The molecule has 0 aliphatic rings. The van der Waals surface area contributed by atoms with Crippen molar-refractivity contribution in [1.29, 1.82) is 0 Å². The summed E-state index contributed by atoms with van der Waals surface area (Å²) in [4.78, 5) is 10.4. The highest BCUT2D eigenvalue weighted by Gasteiger charge is 2.27. The standard InChI is InChI=1S/C5H12N2O5S2/c1-4-7(14(3,11)12)13(10)6(2)5(8)9/h4H2,1-3H3,(H,8,9). The molecule has 1 amide bonds. The lowest BCUT2D eigenvalue weighted by molar-refractivity contribution is 0.179. The first kappa shape index (κ1) is 13.3. The predicted octanol–water partition coefficient (Wildman–Crippen LogP) is -0.544. The molecule has 0 fully saturated rings. The summed E-state index contributed by atoms with van der Waals surface area (Å²) in [7, 11) is -2.63. The lowest BCUT2D eigenvalue weighted by Gasteiger charge is -2.20. The summed E-state index contributed by atoms with van der Waals surface area (Å²) >= 11 is -2.22. The second-order valence-corrected chi connectivity index (χ2v) is 5.98. The molecule has 0 radical (unpaired) electrons. The fourth-order valence-electron chi connectivity index (χ4n) is 0.664. The molecule has 1 N–H and O–H groups in total. The average molecular weight is 244 g/mol. The molecule has 1 atom stereocenters. The minimum Gasteiger partial charge on any atom is -0.464 e. The molecule has 9 heteroatoms. The molecule has 1 unspecified atom stereocenters. The van der Waals surface area contributed by atoms with Crippen LogP contribution >= 0.6 is 0 Å². The number of nitrogens with zero attached hydrogens (tertiary/aromatic N) is 2. The molecule has 14 heavy (non-hydrogen) atoms. The summed E-state index contributed by atoms with van der Waals surface area (Å²) in [5.74, 6) is 0. The molecule has 0 aliphatic heterocycles. The van der Waals surface area contributed by atoms with Gasteiger partial charge in [0.05, 0.1) is 6.26 Å².